The fourth-order valence-electron chi connectivity index (χ4n) is 1.86. The molecule has 0 radical (unpaired) electrons. The van der Waals surface area contributed by atoms with Gasteiger partial charge in [0, 0.05) is 6.54 Å². The summed E-state index contributed by atoms with van der Waals surface area (Å²) in [6.07, 6.45) is 4.20. The minimum absolute atomic E-state index is 0.256. The molecule has 0 bridgehead atoms. The van der Waals surface area contributed by atoms with Crippen LogP contribution in [-0.4, -0.2) is 14.7 Å². The van der Waals surface area contributed by atoms with Gasteiger partial charge < -0.3 is 5.11 Å². The average molecular weight is 240 g/mol. The van der Waals surface area contributed by atoms with Gasteiger partial charge in [0.25, 0.3) is 5.56 Å². The molecule has 0 spiro atoms. The summed E-state index contributed by atoms with van der Waals surface area (Å²) in [6, 6.07) is 1.04. The predicted octanol–water partition coefficient (Wildman–Crippen LogP) is 1.46. The summed E-state index contributed by atoms with van der Waals surface area (Å²) in [5, 5.41) is 9.58. The molecule has 2 N–H and O–H groups in total. The Hall–Kier alpha value is -1.52. The van der Waals surface area contributed by atoms with E-state index in [2.05, 4.69) is 18.8 Å². The largest absolute Gasteiger partial charge is 0.494 e. The highest BCUT2D eigenvalue weighted by atomic mass is 16.3. The summed E-state index contributed by atoms with van der Waals surface area (Å²) in [5.41, 5.74) is -1.10. The Balaban J connectivity index is 2.86. The van der Waals surface area contributed by atoms with E-state index in [4.69, 9.17) is 0 Å². The number of aromatic amines is 1. The summed E-state index contributed by atoms with van der Waals surface area (Å²) >= 11 is 0. The van der Waals surface area contributed by atoms with Crippen LogP contribution in [0.4, 0.5) is 0 Å². The molecule has 0 aromatic carbocycles. The lowest BCUT2D eigenvalue weighted by Crippen LogP contribution is -2.31. The number of nitrogens with zero attached hydrogens (tertiary/aromatic N) is 1. The second kappa shape index (κ2) is 6.27. The number of rotatable bonds is 6. The zero-order valence-electron chi connectivity index (χ0n) is 10.4. The molecule has 5 heteroatoms. The van der Waals surface area contributed by atoms with Crippen molar-refractivity contribution in [1.82, 2.24) is 9.55 Å². The maximum Gasteiger partial charge on any atom is 0.331 e. The molecule has 0 aliphatic heterocycles. The van der Waals surface area contributed by atoms with Gasteiger partial charge in [0.05, 0.1) is 6.07 Å². The average Bonchev–Trinajstić information content (AvgIpc) is 2.27. The third kappa shape index (κ3) is 3.76. The first kappa shape index (κ1) is 13.5. The van der Waals surface area contributed by atoms with Gasteiger partial charge in [0.1, 0.15) is 0 Å². The maximum absolute atomic E-state index is 11.5. The van der Waals surface area contributed by atoms with E-state index >= 15 is 0 Å². The molecule has 0 amide bonds. The molecule has 0 aliphatic carbocycles. The molecular weight excluding hydrogens is 220 g/mol. The molecule has 0 aliphatic rings. The molecule has 1 unspecified atom stereocenters. The number of unbranched alkanes of at least 4 members (excludes halogenated alkanes) is 1. The standard InChI is InChI=1S/C12H20N2O3/c1-3-5-6-9(4-2)8-14-11(16)7-10(15)13-12(14)17/h7,9,16H,3-6,8H2,1-2H3,(H,13,15,17). The summed E-state index contributed by atoms with van der Waals surface area (Å²) in [5.74, 6) is 0.0955. The molecule has 1 atom stereocenters. The highest BCUT2D eigenvalue weighted by molar-refractivity contribution is 5.05. The molecule has 0 fully saturated rings. The smallest absolute Gasteiger partial charge is 0.331 e. The number of H-pyrrole nitrogens is 1. The first-order valence-electron chi connectivity index (χ1n) is 6.11. The van der Waals surface area contributed by atoms with Crippen molar-refractivity contribution < 1.29 is 5.11 Å². The van der Waals surface area contributed by atoms with Gasteiger partial charge in [-0.05, 0) is 12.3 Å². The van der Waals surface area contributed by atoms with Gasteiger partial charge in [-0.25, -0.2) is 4.79 Å². The predicted molar refractivity (Wildman–Crippen MR) is 66.3 cm³/mol. The second-order valence-electron chi connectivity index (χ2n) is 4.32. The Kier molecular flexibility index (Phi) is 5.00. The molecule has 17 heavy (non-hydrogen) atoms. The van der Waals surface area contributed by atoms with Crippen LogP contribution in [0.2, 0.25) is 0 Å². The lowest BCUT2D eigenvalue weighted by molar-refractivity contribution is 0.335. The molecule has 0 saturated carbocycles. The molecule has 1 rings (SSSR count). The fraction of sp³-hybridized carbons (Fsp3) is 0.667. The van der Waals surface area contributed by atoms with Crippen molar-refractivity contribution in [3.05, 3.63) is 26.9 Å². The quantitative estimate of drug-likeness (QED) is 0.790. The van der Waals surface area contributed by atoms with Gasteiger partial charge >= 0.3 is 5.69 Å². The maximum atomic E-state index is 11.5. The van der Waals surface area contributed by atoms with Crippen LogP contribution in [0.25, 0.3) is 0 Å². The van der Waals surface area contributed by atoms with Crippen molar-refractivity contribution in [3.63, 3.8) is 0 Å². The number of aromatic nitrogens is 2. The Bertz CT molecular complexity index is 462. The van der Waals surface area contributed by atoms with Crippen molar-refractivity contribution >= 4 is 0 Å². The van der Waals surface area contributed by atoms with Crippen LogP contribution in [-0.2, 0) is 6.54 Å². The topological polar surface area (TPSA) is 75.1 Å². The number of aromatic hydroxyl groups is 1. The highest BCUT2D eigenvalue weighted by Gasteiger charge is 2.11. The van der Waals surface area contributed by atoms with Gasteiger partial charge in [0.2, 0.25) is 5.88 Å². The number of hydrogen-bond acceptors (Lipinski definition) is 3. The van der Waals surface area contributed by atoms with Gasteiger partial charge in [-0.2, -0.15) is 0 Å². The van der Waals surface area contributed by atoms with Crippen LogP contribution in [0, 0.1) is 5.92 Å². The van der Waals surface area contributed by atoms with Crippen molar-refractivity contribution in [2.75, 3.05) is 0 Å². The Morgan fingerprint density at radius 3 is 2.65 bits per heavy atom. The van der Waals surface area contributed by atoms with Crippen LogP contribution >= 0.6 is 0 Å². The molecule has 96 valence electrons. The van der Waals surface area contributed by atoms with E-state index in [1.165, 1.54) is 4.57 Å². The summed E-state index contributed by atoms with van der Waals surface area (Å²) in [7, 11) is 0. The molecular formula is C12H20N2O3. The SMILES string of the molecule is CCCCC(CC)Cn1c(O)cc(=O)[nH]c1=O. The van der Waals surface area contributed by atoms with Gasteiger partial charge in [-0.1, -0.05) is 33.1 Å². The molecule has 5 nitrogen and oxygen atoms in total. The van der Waals surface area contributed by atoms with Gasteiger partial charge in [-0.15, -0.1) is 0 Å². The van der Waals surface area contributed by atoms with Crippen LogP contribution in [0.5, 0.6) is 5.88 Å². The van der Waals surface area contributed by atoms with E-state index in [1.54, 1.807) is 0 Å². The first-order valence-corrected chi connectivity index (χ1v) is 6.11. The summed E-state index contributed by atoms with van der Waals surface area (Å²) in [4.78, 5) is 24.7. The van der Waals surface area contributed by atoms with Crippen LogP contribution in [0.1, 0.15) is 39.5 Å². The van der Waals surface area contributed by atoms with E-state index in [1.807, 2.05) is 0 Å². The third-order valence-electron chi connectivity index (χ3n) is 3.00. The van der Waals surface area contributed by atoms with E-state index in [0.717, 1.165) is 31.7 Å². The Labute approximate surface area is 100 Å². The molecule has 0 saturated heterocycles. The van der Waals surface area contributed by atoms with Crippen molar-refractivity contribution in [1.29, 1.82) is 0 Å². The minimum atomic E-state index is -0.564. The first-order chi connectivity index (χ1) is 8.08. The minimum Gasteiger partial charge on any atom is -0.494 e. The fourth-order valence-corrected chi connectivity index (χ4v) is 1.86. The number of nitrogens with one attached hydrogen (secondary N) is 1. The lowest BCUT2D eigenvalue weighted by atomic mass is 9.99. The van der Waals surface area contributed by atoms with Crippen molar-refractivity contribution in [3.8, 4) is 5.88 Å². The zero-order valence-corrected chi connectivity index (χ0v) is 10.4. The Morgan fingerprint density at radius 1 is 1.41 bits per heavy atom. The van der Waals surface area contributed by atoms with Crippen molar-refractivity contribution in [2.45, 2.75) is 46.1 Å². The number of hydrogen-bond donors (Lipinski definition) is 2. The molecule has 1 aromatic heterocycles. The van der Waals surface area contributed by atoms with E-state index in [-0.39, 0.29) is 5.88 Å². The summed E-state index contributed by atoms with van der Waals surface area (Å²) < 4.78 is 1.23. The second-order valence-corrected chi connectivity index (χ2v) is 4.32. The van der Waals surface area contributed by atoms with Crippen molar-refractivity contribution in [2.24, 2.45) is 5.92 Å². The monoisotopic (exact) mass is 240 g/mol. The molecule has 1 aromatic rings. The van der Waals surface area contributed by atoms with Gasteiger partial charge in [0.15, 0.2) is 0 Å². The van der Waals surface area contributed by atoms with Gasteiger partial charge in [-0.3, -0.25) is 14.3 Å². The lowest BCUT2D eigenvalue weighted by Gasteiger charge is -2.16. The van der Waals surface area contributed by atoms with E-state index < -0.39 is 11.2 Å². The highest BCUT2D eigenvalue weighted by Crippen LogP contribution is 2.16. The molecule has 1 heterocycles. The van der Waals surface area contributed by atoms with E-state index in [0.29, 0.717) is 12.5 Å². The van der Waals surface area contributed by atoms with Crippen LogP contribution in [0.3, 0.4) is 0 Å². The normalized spacial score (nSPS) is 12.6. The van der Waals surface area contributed by atoms with Crippen LogP contribution in [0.15, 0.2) is 15.7 Å². The summed E-state index contributed by atoms with van der Waals surface area (Å²) in [6.45, 7) is 4.64. The van der Waals surface area contributed by atoms with Crippen LogP contribution < -0.4 is 11.2 Å². The Morgan fingerprint density at radius 2 is 2.12 bits per heavy atom. The third-order valence-corrected chi connectivity index (χ3v) is 3.00. The zero-order chi connectivity index (χ0) is 12.8. The van der Waals surface area contributed by atoms with E-state index in [9.17, 15) is 14.7 Å².